The van der Waals surface area contributed by atoms with Crippen LogP contribution in [0.5, 0.6) is 0 Å². The quantitative estimate of drug-likeness (QED) is 0.574. The number of piperidine rings is 1. The number of nitrogens with two attached hydrogens (primary N) is 1. The molecule has 156 valence electrons. The third-order valence-electron chi connectivity index (χ3n) is 6.55. The third-order valence-corrected chi connectivity index (χ3v) is 6.55. The lowest BCUT2D eigenvalue weighted by Crippen LogP contribution is -2.83. The molecule has 2 fully saturated rings. The molecule has 1 aromatic carbocycles. The summed E-state index contributed by atoms with van der Waals surface area (Å²) in [5.41, 5.74) is 0.397. The van der Waals surface area contributed by atoms with Crippen molar-refractivity contribution in [2.45, 2.75) is 55.8 Å². The summed E-state index contributed by atoms with van der Waals surface area (Å²) in [6, 6.07) is 10.5. The number of aliphatic hydroxyl groups is 1. The number of likely N-dealkylation sites (tertiary alicyclic amines) is 1. The molecule has 29 heavy (non-hydrogen) atoms. The van der Waals surface area contributed by atoms with Crippen LogP contribution in [0.3, 0.4) is 0 Å². The maximum Gasteiger partial charge on any atom is 0.317 e. The van der Waals surface area contributed by atoms with E-state index in [-0.39, 0.29) is 12.1 Å². The van der Waals surface area contributed by atoms with Crippen LogP contribution in [-0.2, 0) is 4.74 Å². The lowest BCUT2D eigenvalue weighted by molar-refractivity contribution is -0.593. The molecule has 1 saturated heterocycles. The van der Waals surface area contributed by atoms with Crippen LogP contribution in [0.4, 0.5) is 4.79 Å². The molecule has 0 aromatic heterocycles. The Labute approximate surface area is 171 Å². The van der Waals surface area contributed by atoms with E-state index >= 15 is 0 Å². The molecule has 0 unspecified atom stereocenters. The molecule has 2 heterocycles. The summed E-state index contributed by atoms with van der Waals surface area (Å²) in [6.45, 7) is 2.95. The van der Waals surface area contributed by atoms with Gasteiger partial charge in [0.05, 0.1) is 13.3 Å². The highest BCUT2D eigenvalue weighted by atomic mass is 16.5. The second-order valence-electron chi connectivity index (χ2n) is 8.74. The van der Waals surface area contributed by atoms with Gasteiger partial charge in [0.2, 0.25) is 0 Å². The fraction of sp³-hybridized carbons (Fsp3) is 0.545. The maximum absolute atomic E-state index is 12.7. The van der Waals surface area contributed by atoms with E-state index in [0.29, 0.717) is 49.7 Å². The zero-order valence-corrected chi connectivity index (χ0v) is 17.1. The van der Waals surface area contributed by atoms with E-state index in [1.807, 2.05) is 35.5 Å². The molecule has 1 spiro atoms. The normalized spacial score (nSPS) is 30.7. The number of allylic oxidation sites excluding steroid dienone is 1. The van der Waals surface area contributed by atoms with Gasteiger partial charge in [-0.1, -0.05) is 30.3 Å². The first-order valence-corrected chi connectivity index (χ1v) is 10.4. The lowest BCUT2D eigenvalue weighted by Gasteiger charge is -2.47. The summed E-state index contributed by atoms with van der Waals surface area (Å²) in [4.78, 5) is 14.6. The van der Waals surface area contributed by atoms with Gasteiger partial charge >= 0.3 is 6.03 Å². The van der Waals surface area contributed by atoms with E-state index < -0.39 is 11.2 Å². The molecule has 1 aliphatic carbocycles. The number of nitrogens with zero attached hydrogens (tertiary/aromatic N) is 1. The lowest BCUT2D eigenvalue weighted by atomic mass is 9.77. The molecule has 2 aliphatic heterocycles. The minimum atomic E-state index is -1.03. The number of quaternary nitrogens is 1. The Balaban J connectivity index is 1.34. The van der Waals surface area contributed by atoms with Gasteiger partial charge < -0.3 is 30.8 Å². The molecular weight excluding hydrogens is 368 g/mol. The number of benzene rings is 1. The van der Waals surface area contributed by atoms with Crippen molar-refractivity contribution in [2.24, 2.45) is 0 Å². The van der Waals surface area contributed by atoms with E-state index in [0.717, 1.165) is 6.42 Å². The van der Waals surface area contributed by atoms with Gasteiger partial charge in [0.25, 0.3) is 0 Å². The largest absolute Gasteiger partial charge is 0.480 e. The van der Waals surface area contributed by atoms with Crippen molar-refractivity contribution in [3.63, 3.8) is 0 Å². The van der Waals surface area contributed by atoms with E-state index in [9.17, 15) is 9.90 Å². The number of carbonyl (C=O) groups excluding carboxylic acids is 1. The fourth-order valence-corrected chi connectivity index (χ4v) is 4.94. The first kappa shape index (κ1) is 19.9. The Kier molecular flexibility index (Phi) is 5.12. The van der Waals surface area contributed by atoms with Gasteiger partial charge in [-0.3, -0.25) is 0 Å². The Bertz CT molecular complexity index is 813. The van der Waals surface area contributed by atoms with Gasteiger partial charge in [0, 0.05) is 44.3 Å². The van der Waals surface area contributed by atoms with Crippen LogP contribution >= 0.6 is 0 Å². The van der Waals surface area contributed by atoms with E-state index in [1.54, 1.807) is 6.92 Å². The number of nitrogens with one attached hydrogen (secondary N) is 2. The number of urea groups is 1. The molecule has 7 nitrogen and oxygen atoms in total. The van der Waals surface area contributed by atoms with Gasteiger partial charge in [0.15, 0.2) is 11.5 Å². The zero-order chi connectivity index (χ0) is 20.6. The molecular formula is C22H31N4O3+. The SMILES string of the molecule is C[NH2+]C1=C(C=N)OC2(CCN(C(=O)N[C@@H]3C[C@H]3c3ccccc3)CC2)C[C@]1(C)O. The Morgan fingerprint density at radius 1 is 1.34 bits per heavy atom. The fourth-order valence-electron chi connectivity index (χ4n) is 4.94. The van der Waals surface area contributed by atoms with E-state index in [4.69, 9.17) is 10.1 Å². The van der Waals surface area contributed by atoms with Gasteiger partial charge in [-0.15, -0.1) is 0 Å². The molecule has 1 saturated carbocycles. The number of hydrogen-bond donors (Lipinski definition) is 4. The zero-order valence-electron chi connectivity index (χ0n) is 17.1. The maximum atomic E-state index is 12.7. The van der Waals surface area contributed by atoms with E-state index in [2.05, 4.69) is 17.4 Å². The predicted octanol–water partition coefficient (Wildman–Crippen LogP) is 1.31. The highest BCUT2D eigenvalue weighted by molar-refractivity contribution is 5.76. The van der Waals surface area contributed by atoms with Crippen molar-refractivity contribution in [1.82, 2.24) is 10.2 Å². The van der Waals surface area contributed by atoms with Gasteiger partial charge in [-0.25, -0.2) is 4.79 Å². The first-order valence-electron chi connectivity index (χ1n) is 10.4. The van der Waals surface area contributed by atoms with Crippen molar-refractivity contribution in [1.29, 1.82) is 5.41 Å². The third kappa shape index (κ3) is 3.89. The van der Waals surface area contributed by atoms with Crippen molar-refractivity contribution in [3.8, 4) is 0 Å². The van der Waals surface area contributed by atoms with Crippen LogP contribution in [0.1, 0.15) is 44.1 Å². The van der Waals surface area contributed by atoms with Gasteiger partial charge in [-0.2, -0.15) is 0 Å². The number of amides is 2. The smallest absolute Gasteiger partial charge is 0.317 e. The second kappa shape index (κ2) is 7.46. The van der Waals surface area contributed by atoms with Crippen LogP contribution in [0.25, 0.3) is 0 Å². The minimum Gasteiger partial charge on any atom is -0.480 e. The summed E-state index contributed by atoms with van der Waals surface area (Å²) >= 11 is 0. The van der Waals surface area contributed by atoms with Crippen LogP contribution < -0.4 is 10.6 Å². The molecule has 3 aliphatic rings. The van der Waals surface area contributed by atoms with Crippen LogP contribution in [0, 0.1) is 5.41 Å². The van der Waals surface area contributed by atoms with Crippen LogP contribution in [0.2, 0.25) is 0 Å². The monoisotopic (exact) mass is 399 g/mol. The highest BCUT2D eigenvalue weighted by Crippen LogP contribution is 2.43. The van der Waals surface area contributed by atoms with Crippen LogP contribution in [0.15, 0.2) is 41.8 Å². The minimum absolute atomic E-state index is 0.0174. The Morgan fingerprint density at radius 2 is 2.03 bits per heavy atom. The number of hydrogen-bond acceptors (Lipinski definition) is 4. The van der Waals surface area contributed by atoms with Gasteiger partial charge in [-0.05, 0) is 18.9 Å². The summed E-state index contributed by atoms with van der Waals surface area (Å²) in [7, 11) is 1.85. The number of rotatable bonds is 4. The summed E-state index contributed by atoms with van der Waals surface area (Å²) < 4.78 is 6.19. The predicted molar refractivity (Wildman–Crippen MR) is 110 cm³/mol. The van der Waals surface area contributed by atoms with Gasteiger partial charge in [0.1, 0.15) is 11.2 Å². The summed E-state index contributed by atoms with van der Waals surface area (Å²) in [5.74, 6) is 0.849. The molecule has 2 amide bonds. The summed E-state index contributed by atoms with van der Waals surface area (Å²) in [5, 5.41) is 23.6. The van der Waals surface area contributed by atoms with E-state index in [1.165, 1.54) is 11.8 Å². The van der Waals surface area contributed by atoms with Crippen molar-refractivity contribution in [2.75, 3.05) is 20.1 Å². The number of carbonyl (C=O) groups is 1. The first-order chi connectivity index (χ1) is 13.9. The number of likely N-dealkylation sites (N-methyl/N-ethyl adjacent to an activating group) is 1. The molecule has 3 atom stereocenters. The highest BCUT2D eigenvalue weighted by Gasteiger charge is 2.51. The molecule has 4 rings (SSSR count). The average molecular weight is 400 g/mol. The molecule has 7 heteroatoms. The van der Waals surface area contributed by atoms with Crippen molar-refractivity contribution in [3.05, 3.63) is 47.4 Å². The van der Waals surface area contributed by atoms with Crippen molar-refractivity contribution >= 4 is 12.2 Å². The van der Waals surface area contributed by atoms with Crippen LogP contribution in [-0.4, -0.2) is 59.6 Å². The number of ether oxygens (including phenoxy) is 1. The summed E-state index contributed by atoms with van der Waals surface area (Å²) in [6.07, 6.45) is 3.95. The van der Waals surface area contributed by atoms with Crippen molar-refractivity contribution < 1.29 is 20.0 Å². The molecule has 0 bridgehead atoms. The average Bonchev–Trinajstić information content (AvgIpc) is 3.47. The Hall–Kier alpha value is -2.38. The Morgan fingerprint density at radius 3 is 2.66 bits per heavy atom. The second-order valence-corrected chi connectivity index (χ2v) is 8.74. The molecule has 5 N–H and O–H groups in total. The molecule has 1 aromatic rings. The molecule has 0 radical (unpaired) electrons. The topological polar surface area (TPSA) is 102 Å². The standard InChI is InChI=1S/C22H30N4O3/c1-21(28)14-22(29-18(13-23)19(21)24-2)8-10-26(11-9-22)20(27)25-17-12-16(17)15-6-4-3-5-7-15/h3-7,13,16-17,23-24,28H,8-12,14H2,1-2H3,(H,25,27)/p+1/t16-,17+,21-/m0/s1.